The van der Waals surface area contributed by atoms with Crippen molar-refractivity contribution in [1.82, 2.24) is 10.2 Å². The molecule has 0 heterocycles. The zero-order valence-corrected chi connectivity index (χ0v) is 12.2. The van der Waals surface area contributed by atoms with Gasteiger partial charge in [-0.05, 0) is 71.1 Å². The van der Waals surface area contributed by atoms with Crippen LogP contribution < -0.4 is 5.32 Å². The molecule has 0 aromatic heterocycles. The van der Waals surface area contributed by atoms with Gasteiger partial charge in [-0.1, -0.05) is 20.3 Å². The van der Waals surface area contributed by atoms with E-state index in [1.54, 1.807) is 0 Å². The molecule has 0 spiro atoms. The third kappa shape index (κ3) is 6.42. The van der Waals surface area contributed by atoms with Gasteiger partial charge >= 0.3 is 0 Å². The normalized spacial score (nSPS) is 25.4. The number of nitrogens with zero attached hydrogens (tertiary/aromatic N) is 1. The number of nitrogens with one attached hydrogen (secondary N) is 1. The Labute approximate surface area is 108 Å². The molecule has 2 nitrogen and oxygen atoms in total. The molecule has 0 bridgehead atoms. The summed E-state index contributed by atoms with van der Waals surface area (Å²) in [6.07, 6.45) is 9.81. The van der Waals surface area contributed by atoms with Gasteiger partial charge in [-0.2, -0.15) is 0 Å². The number of rotatable bonds is 8. The van der Waals surface area contributed by atoms with Gasteiger partial charge < -0.3 is 10.2 Å². The summed E-state index contributed by atoms with van der Waals surface area (Å²) in [5.41, 5.74) is 0. The molecule has 1 aliphatic carbocycles. The molecule has 1 saturated carbocycles. The van der Waals surface area contributed by atoms with Crippen molar-refractivity contribution in [2.75, 3.05) is 26.7 Å². The Kier molecular flexibility index (Phi) is 7.87. The summed E-state index contributed by atoms with van der Waals surface area (Å²) < 4.78 is 0. The molecular weight excluding hydrogens is 208 g/mol. The van der Waals surface area contributed by atoms with Crippen LogP contribution in [-0.4, -0.2) is 37.6 Å². The minimum Gasteiger partial charge on any atom is -0.317 e. The predicted octanol–water partition coefficient (Wildman–Crippen LogP) is 3.28. The van der Waals surface area contributed by atoms with E-state index in [4.69, 9.17) is 0 Å². The van der Waals surface area contributed by atoms with Gasteiger partial charge in [0.25, 0.3) is 0 Å². The van der Waals surface area contributed by atoms with Gasteiger partial charge in [0.15, 0.2) is 0 Å². The number of hydrogen-bond donors (Lipinski definition) is 1. The molecule has 0 aromatic rings. The fourth-order valence-corrected chi connectivity index (χ4v) is 2.83. The lowest BCUT2D eigenvalue weighted by molar-refractivity contribution is 0.168. The Morgan fingerprint density at radius 3 is 2.41 bits per heavy atom. The predicted molar refractivity (Wildman–Crippen MR) is 76.4 cm³/mol. The van der Waals surface area contributed by atoms with Gasteiger partial charge in [-0.3, -0.25) is 0 Å². The third-order valence-corrected chi connectivity index (χ3v) is 4.22. The van der Waals surface area contributed by atoms with Crippen LogP contribution in [0.4, 0.5) is 0 Å². The molecule has 0 unspecified atom stereocenters. The molecule has 1 rings (SSSR count). The van der Waals surface area contributed by atoms with Gasteiger partial charge in [0.1, 0.15) is 0 Å². The highest BCUT2D eigenvalue weighted by Gasteiger charge is 2.20. The van der Waals surface area contributed by atoms with Gasteiger partial charge in [-0.25, -0.2) is 0 Å². The summed E-state index contributed by atoms with van der Waals surface area (Å²) in [6, 6.07) is 0.875. The first-order chi connectivity index (χ1) is 8.24. The second-order valence-corrected chi connectivity index (χ2v) is 5.81. The molecule has 1 aliphatic rings. The van der Waals surface area contributed by atoms with Crippen molar-refractivity contribution in [3.8, 4) is 0 Å². The fraction of sp³-hybridized carbons (Fsp3) is 1.00. The molecule has 0 atom stereocenters. The van der Waals surface area contributed by atoms with E-state index >= 15 is 0 Å². The maximum absolute atomic E-state index is 3.39. The first-order valence-electron chi connectivity index (χ1n) is 7.65. The Bertz CT molecular complexity index is 174. The van der Waals surface area contributed by atoms with Crippen LogP contribution in [0.5, 0.6) is 0 Å². The van der Waals surface area contributed by atoms with E-state index < -0.39 is 0 Å². The molecule has 0 aromatic carbocycles. The Balaban J connectivity index is 1.99. The summed E-state index contributed by atoms with van der Waals surface area (Å²) in [5, 5.41) is 3.39. The van der Waals surface area contributed by atoms with Crippen molar-refractivity contribution in [3.63, 3.8) is 0 Å². The van der Waals surface area contributed by atoms with Crippen LogP contribution in [-0.2, 0) is 0 Å². The monoisotopic (exact) mass is 240 g/mol. The molecule has 17 heavy (non-hydrogen) atoms. The second kappa shape index (κ2) is 8.93. The standard InChI is InChI=1S/C15H32N2/c1-4-16-12-6-5-7-13-17(3)15-10-8-14(2)9-11-15/h14-16H,4-13H2,1-3H3. The molecule has 2 heteroatoms. The molecule has 0 amide bonds. The van der Waals surface area contributed by atoms with Crippen molar-refractivity contribution >= 4 is 0 Å². The van der Waals surface area contributed by atoms with Gasteiger partial charge in [0.2, 0.25) is 0 Å². The van der Waals surface area contributed by atoms with Crippen LogP contribution in [0, 0.1) is 5.92 Å². The van der Waals surface area contributed by atoms with E-state index in [2.05, 4.69) is 31.1 Å². The Morgan fingerprint density at radius 1 is 1.06 bits per heavy atom. The SMILES string of the molecule is CCNCCCCCN(C)C1CCC(C)CC1. The molecule has 0 aliphatic heterocycles. The van der Waals surface area contributed by atoms with Crippen molar-refractivity contribution < 1.29 is 0 Å². The molecular formula is C15H32N2. The lowest BCUT2D eigenvalue weighted by Gasteiger charge is -2.33. The average molecular weight is 240 g/mol. The maximum atomic E-state index is 3.39. The highest BCUT2D eigenvalue weighted by Crippen LogP contribution is 2.26. The molecule has 1 N–H and O–H groups in total. The summed E-state index contributed by atoms with van der Waals surface area (Å²) in [7, 11) is 2.32. The summed E-state index contributed by atoms with van der Waals surface area (Å²) in [6.45, 7) is 8.18. The third-order valence-electron chi connectivity index (χ3n) is 4.22. The largest absolute Gasteiger partial charge is 0.317 e. The minimum atomic E-state index is 0.875. The van der Waals surface area contributed by atoms with Gasteiger partial charge in [0, 0.05) is 6.04 Å². The van der Waals surface area contributed by atoms with E-state index in [-0.39, 0.29) is 0 Å². The lowest BCUT2D eigenvalue weighted by atomic mass is 9.87. The van der Waals surface area contributed by atoms with Crippen molar-refractivity contribution in [2.45, 2.75) is 64.8 Å². The average Bonchev–Trinajstić information content (AvgIpc) is 2.34. The first-order valence-corrected chi connectivity index (χ1v) is 7.65. The number of hydrogen-bond acceptors (Lipinski definition) is 2. The van der Waals surface area contributed by atoms with E-state index in [0.29, 0.717) is 0 Å². The van der Waals surface area contributed by atoms with Crippen molar-refractivity contribution in [2.24, 2.45) is 5.92 Å². The fourth-order valence-electron chi connectivity index (χ4n) is 2.83. The van der Waals surface area contributed by atoms with Crippen LogP contribution in [0.15, 0.2) is 0 Å². The molecule has 0 radical (unpaired) electrons. The van der Waals surface area contributed by atoms with Crippen molar-refractivity contribution in [1.29, 1.82) is 0 Å². The van der Waals surface area contributed by atoms with Crippen LogP contribution in [0.2, 0.25) is 0 Å². The van der Waals surface area contributed by atoms with E-state index in [0.717, 1.165) is 18.5 Å². The molecule has 102 valence electrons. The zero-order chi connectivity index (χ0) is 12.5. The second-order valence-electron chi connectivity index (χ2n) is 5.81. The smallest absolute Gasteiger partial charge is 0.00924 e. The minimum absolute atomic E-state index is 0.875. The number of unbranched alkanes of at least 4 members (excludes halogenated alkanes) is 2. The van der Waals surface area contributed by atoms with Crippen LogP contribution in [0.25, 0.3) is 0 Å². The van der Waals surface area contributed by atoms with Crippen LogP contribution in [0.3, 0.4) is 0 Å². The van der Waals surface area contributed by atoms with Gasteiger partial charge in [0.05, 0.1) is 0 Å². The van der Waals surface area contributed by atoms with E-state index in [1.165, 1.54) is 58.0 Å². The summed E-state index contributed by atoms with van der Waals surface area (Å²) >= 11 is 0. The van der Waals surface area contributed by atoms with Crippen LogP contribution >= 0.6 is 0 Å². The quantitative estimate of drug-likeness (QED) is 0.655. The molecule has 1 fully saturated rings. The van der Waals surface area contributed by atoms with Crippen molar-refractivity contribution in [3.05, 3.63) is 0 Å². The van der Waals surface area contributed by atoms with Gasteiger partial charge in [-0.15, -0.1) is 0 Å². The summed E-state index contributed by atoms with van der Waals surface area (Å²) in [5.74, 6) is 0.972. The molecule has 0 saturated heterocycles. The highest BCUT2D eigenvalue weighted by molar-refractivity contribution is 4.76. The zero-order valence-electron chi connectivity index (χ0n) is 12.2. The van der Waals surface area contributed by atoms with E-state index in [1.807, 2.05) is 0 Å². The van der Waals surface area contributed by atoms with E-state index in [9.17, 15) is 0 Å². The Hall–Kier alpha value is -0.0800. The first kappa shape index (κ1) is 15.0. The van der Waals surface area contributed by atoms with Crippen LogP contribution in [0.1, 0.15) is 58.8 Å². The maximum Gasteiger partial charge on any atom is 0.00924 e. The summed E-state index contributed by atoms with van der Waals surface area (Å²) in [4.78, 5) is 2.61. The highest BCUT2D eigenvalue weighted by atomic mass is 15.1. The topological polar surface area (TPSA) is 15.3 Å². The Morgan fingerprint density at radius 2 is 1.76 bits per heavy atom. The lowest BCUT2D eigenvalue weighted by Crippen LogP contribution is -2.35.